The first-order chi connectivity index (χ1) is 6.94. The Morgan fingerprint density at radius 1 is 1.40 bits per heavy atom. The molecule has 1 aliphatic heterocycles. The standard InChI is InChI=1S/C9H16N2O4/c1-9(11,7(10)12)8(13)15-6-2-4-14-5-3-6/h6H,2-5,11H2,1H3,(H2,10,12). The summed E-state index contributed by atoms with van der Waals surface area (Å²) >= 11 is 0. The van der Waals surface area contributed by atoms with Crippen LogP contribution in [0.15, 0.2) is 0 Å². The quantitative estimate of drug-likeness (QED) is 0.461. The molecular formula is C9H16N2O4. The van der Waals surface area contributed by atoms with Crippen molar-refractivity contribution in [2.24, 2.45) is 11.5 Å². The molecule has 15 heavy (non-hydrogen) atoms. The number of nitrogens with two attached hydrogens (primary N) is 2. The Kier molecular flexibility index (Phi) is 3.65. The van der Waals surface area contributed by atoms with Gasteiger partial charge in [-0.1, -0.05) is 0 Å². The number of hydrogen-bond donors (Lipinski definition) is 2. The fraction of sp³-hybridized carbons (Fsp3) is 0.778. The van der Waals surface area contributed by atoms with Crippen LogP contribution in [0.2, 0.25) is 0 Å². The van der Waals surface area contributed by atoms with Gasteiger partial charge in [-0.2, -0.15) is 0 Å². The van der Waals surface area contributed by atoms with E-state index in [1.165, 1.54) is 6.92 Å². The van der Waals surface area contributed by atoms with Gasteiger partial charge in [0.15, 0.2) is 5.54 Å². The van der Waals surface area contributed by atoms with E-state index in [4.69, 9.17) is 20.9 Å². The van der Waals surface area contributed by atoms with Crippen molar-refractivity contribution in [2.75, 3.05) is 13.2 Å². The van der Waals surface area contributed by atoms with Gasteiger partial charge in [0, 0.05) is 12.8 Å². The summed E-state index contributed by atoms with van der Waals surface area (Å²) in [6, 6.07) is 0. The van der Waals surface area contributed by atoms with E-state index in [2.05, 4.69) is 0 Å². The number of hydrogen-bond acceptors (Lipinski definition) is 5. The Morgan fingerprint density at radius 3 is 2.40 bits per heavy atom. The number of carbonyl (C=O) groups excluding carboxylic acids is 2. The maximum absolute atomic E-state index is 11.5. The van der Waals surface area contributed by atoms with Crippen LogP contribution in [-0.2, 0) is 19.1 Å². The average molecular weight is 216 g/mol. The molecule has 0 bridgehead atoms. The zero-order chi connectivity index (χ0) is 11.5. The molecule has 0 spiro atoms. The summed E-state index contributed by atoms with van der Waals surface area (Å²) in [6.07, 6.45) is 1.02. The second kappa shape index (κ2) is 4.59. The molecule has 0 aromatic carbocycles. The first-order valence-corrected chi connectivity index (χ1v) is 4.82. The first-order valence-electron chi connectivity index (χ1n) is 4.82. The third-order valence-corrected chi connectivity index (χ3v) is 2.38. The lowest BCUT2D eigenvalue weighted by Crippen LogP contribution is -2.57. The van der Waals surface area contributed by atoms with Gasteiger partial charge in [-0.15, -0.1) is 0 Å². The molecular weight excluding hydrogens is 200 g/mol. The van der Waals surface area contributed by atoms with Gasteiger partial charge in [0.2, 0.25) is 5.91 Å². The highest BCUT2D eigenvalue weighted by molar-refractivity contribution is 6.05. The second-order valence-electron chi connectivity index (χ2n) is 3.78. The van der Waals surface area contributed by atoms with Crippen molar-refractivity contribution in [2.45, 2.75) is 31.4 Å². The van der Waals surface area contributed by atoms with E-state index >= 15 is 0 Å². The minimum Gasteiger partial charge on any atom is -0.460 e. The van der Waals surface area contributed by atoms with Crippen LogP contribution in [0, 0.1) is 0 Å². The van der Waals surface area contributed by atoms with E-state index < -0.39 is 17.4 Å². The number of ether oxygens (including phenoxy) is 2. The summed E-state index contributed by atoms with van der Waals surface area (Å²) in [4.78, 5) is 22.4. The van der Waals surface area contributed by atoms with Gasteiger partial charge in [-0.05, 0) is 6.92 Å². The van der Waals surface area contributed by atoms with E-state index in [9.17, 15) is 9.59 Å². The van der Waals surface area contributed by atoms with Gasteiger partial charge < -0.3 is 20.9 Å². The molecule has 1 rings (SSSR count). The Hall–Kier alpha value is -1.14. The van der Waals surface area contributed by atoms with E-state index in [1.54, 1.807) is 0 Å². The van der Waals surface area contributed by atoms with Crippen LogP contribution < -0.4 is 11.5 Å². The highest BCUT2D eigenvalue weighted by atomic mass is 16.6. The number of carbonyl (C=O) groups is 2. The Morgan fingerprint density at radius 2 is 1.93 bits per heavy atom. The minimum atomic E-state index is -1.75. The molecule has 1 heterocycles. The Bertz CT molecular complexity index is 259. The maximum atomic E-state index is 11.5. The van der Waals surface area contributed by atoms with Crippen LogP contribution in [0.1, 0.15) is 19.8 Å². The van der Waals surface area contributed by atoms with E-state index in [0.29, 0.717) is 26.1 Å². The van der Waals surface area contributed by atoms with Gasteiger partial charge in [0.05, 0.1) is 13.2 Å². The van der Waals surface area contributed by atoms with Gasteiger partial charge >= 0.3 is 5.97 Å². The molecule has 1 unspecified atom stereocenters. The summed E-state index contributed by atoms with van der Waals surface area (Å²) in [7, 11) is 0. The lowest BCUT2D eigenvalue weighted by molar-refractivity contribution is -0.161. The van der Waals surface area contributed by atoms with Crippen molar-refractivity contribution < 1.29 is 19.1 Å². The fourth-order valence-corrected chi connectivity index (χ4v) is 1.17. The van der Waals surface area contributed by atoms with Crippen molar-refractivity contribution >= 4 is 11.9 Å². The van der Waals surface area contributed by atoms with Crippen LogP contribution in [0.3, 0.4) is 0 Å². The highest BCUT2D eigenvalue weighted by Gasteiger charge is 2.38. The summed E-state index contributed by atoms with van der Waals surface area (Å²) in [5.41, 5.74) is 8.68. The zero-order valence-electron chi connectivity index (χ0n) is 8.69. The predicted molar refractivity (Wildman–Crippen MR) is 51.7 cm³/mol. The first kappa shape index (κ1) is 11.9. The molecule has 0 radical (unpaired) electrons. The fourth-order valence-electron chi connectivity index (χ4n) is 1.17. The summed E-state index contributed by atoms with van der Waals surface area (Å²) < 4.78 is 10.2. The molecule has 0 aliphatic carbocycles. The average Bonchev–Trinajstić information content (AvgIpc) is 2.18. The van der Waals surface area contributed by atoms with Crippen LogP contribution in [-0.4, -0.2) is 36.7 Å². The largest absolute Gasteiger partial charge is 0.460 e. The summed E-state index contributed by atoms with van der Waals surface area (Å²) in [6.45, 7) is 2.35. The van der Waals surface area contributed by atoms with Crippen LogP contribution in [0.5, 0.6) is 0 Å². The predicted octanol–water partition coefficient (Wildman–Crippen LogP) is -1.09. The van der Waals surface area contributed by atoms with Crippen molar-refractivity contribution in [3.8, 4) is 0 Å². The van der Waals surface area contributed by atoms with Crippen molar-refractivity contribution in [1.82, 2.24) is 0 Å². The number of rotatable bonds is 3. The maximum Gasteiger partial charge on any atom is 0.335 e. The molecule has 1 amide bonds. The van der Waals surface area contributed by atoms with Crippen molar-refractivity contribution in [3.05, 3.63) is 0 Å². The third kappa shape index (κ3) is 2.90. The summed E-state index contributed by atoms with van der Waals surface area (Å²) in [5, 5.41) is 0. The number of amides is 1. The van der Waals surface area contributed by atoms with Gasteiger partial charge in [-0.3, -0.25) is 4.79 Å². The molecule has 1 fully saturated rings. The van der Waals surface area contributed by atoms with Crippen molar-refractivity contribution in [3.63, 3.8) is 0 Å². The molecule has 1 atom stereocenters. The topological polar surface area (TPSA) is 105 Å². The van der Waals surface area contributed by atoms with Gasteiger partial charge in [0.25, 0.3) is 0 Å². The Balaban J connectivity index is 2.50. The molecule has 0 aromatic heterocycles. The monoisotopic (exact) mass is 216 g/mol. The lowest BCUT2D eigenvalue weighted by atomic mass is 10.0. The SMILES string of the molecule is CC(N)(C(N)=O)C(=O)OC1CCOCC1. The minimum absolute atomic E-state index is 0.228. The van der Waals surface area contributed by atoms with Crippen molar-refractivity contribution in [1.29, 1.82) is 0 Å². The molecule has 1 saturated heterocycles. The number of primary amides is 1. The molecule has 86 valence electrons. The van der Waals surface area contributed by atoms with Crippen LogP contribution >= 0.6 is 0 Å². The molecule has 1 aliphatic rings. The van der Waals surface area contributed by atoms with Gasteiger partial charge in [0.1, 0.15) is 6.10 Å². The molecule has 0 aromatic rings. The van der Waals surface area contributed by atoms with E-state index in [0.717, 1.165) is 0 Å². The van der Waals surface area contributed by atoms with E-state index in [-0.39, 0.29) is 6.10 Å². The normalized spacial score (nSPS) is 21.7. The highest BCUT2D eigenvalue weighted by Crippen LogP contribution is 2.13. The zero-order valence-corrected chi connectivity index (χ0v) is 8.69. The molecule has 0 saturated carbocycles. The summed E-state index contributed by atoms with van der Waals surface area (Å²) in [5.74, 6) is -1.67. The number of esters is 1. The van der Waals surface area contributed by atoms with E-state index in [1.807, 2.05) is 0 Å². The molecule has 4 N–H and O–H groups in total. The molecule has 6 nitrogen and oxygen atoms in total. The molecule has 6 heteroatoms. The van der Waals surface area contributed by atoms with Gasteiger partial charge in [-0.25, -0.2) is 4.79 Å². The smallest absolute Gasteiger partial charge is 0.335 e. The third-order valence-electron chi connectivity index (χ3n) is 2.38. The Labute approximate surface area is 87.9 Å². The van der Waals surface area contributed by atoms with Crippen LogP contribution in [0.25, 0.3) is 0 Å². The lowest BCUT2D eigenvalue weighted by Gasteiger charge is -2.26. The second-order valence-corrected chi connectivity index (χ2v) is 3.78. The van der Waals surface area contributed by atoms with Crippen LogP contribution in [0.4, 0.5) is 0 Å².